The average molecular weight is 437 g/mol. The number of nitrogens with two attached hydrogens (primary N) is 1. The van der Waals surface area contributed by atoms with Crippen LogP contribution in [0.5, 0.6) is 0 Å². The number of hydrogen-bond acceptors (Lipinski definition) is 3. The average Bonchev–Trinajstić information content (AvgIpc) is 2.84. The summed E-state index contributed by atoms with van der Waals surface area (Å²) in [5, 5.41) is 0. The first-order valence-electron chi connectivity index (χ1n) is 11.9. The summed E-state index contributed by atoms with van der Waals surface area (Å²) in [4.78, 5) is 26.7. The quantitative estimate of drug-likeness (QED) is 0.614. The molecule has 0 spiro atoms. The Morgan fingerprint density at radius 3 is 2.09 bits per heavy atom. The molecule has 32 heavy (non-hydrogen) atoms. The molecule has 2 aromatic carbocycles. The van der Waals surface area contributed by atoms with Crippen LogP contribution in [0.25, 0.3) is 0 Å². The Labute approximate surface area is 190 Å². The van der Waals surface area contributed by atoms with E-state index in [0.717, 1.165) is 38.9 Å². The maximum Gasteiger partial charge on any atom is 0.248 e. The van der Waals surface area contributed by atoms with E-state index in [9.17, 15) is 14.0 Å². The van der Waals surface area contributed by atoms with Gasteiger partial charge in [0, 0.05) is 17.0 Å². The molecular weight excluding hydrogens is 403 g/mol. The van der Waals surface area contributed by atoms with E-state index in [4.69, 9.17) is 5.73 Å². The summed E-state index contributed by atoms with van der Waals surface area (Å²) in [6, 6.07) is 13.8. The molecule has 0 radical (unpaired) electrons. The van der Waals surface area contributed by atoms with E-state index in [1.807, 2.05) is 12.1 Å². The van der Waals surface area contributed by atoms with Gasteiger partial charge in [0.25, 0.3) is 0 Å². The molecule has 4 nitrogen and oxygen atoms in total. The highest BCUT2D eigenvalue weighted by Crippen LogP contribution is 2.42. The van der Waals surface area contributed by atoms with E-state index in [2.05, 4.69) is 17.0 Å². The Morgan fingerprint density at radius 1 is 0.906 bits per heavy atom. The number of likely N-dealkylation sites (tertiary alicyclic amines) is 1. The van der Waals surface area contributed by atoms with Crippen LogP contribution in [0.3, 0.4) is 0 Å². The zero-order valence-electron chi connectivity index (χ0n) is 18.7. The number of amides is 1. The van der Waals surface area contributed by atoms with Gasteiger partial charge in [-0.25, -0.2) is 4.39 Å². The zero-order valence-corrected chi connectivity index (χ0v) is 18.7. The van der Waals surface area contributed by atoms with Gasteiger partial charge in [-0.3, -0.25) is 9.59 Å². The first kappa shape index (κ1) is 22.7. The molecule has 2 aliphatic rings. The lowest BCUT2D eigenvalue weighted by atomic mass is 9.67. The van der Waals surface area contributed by atoms with Gasteiger partial charge in [0.1, 0.15) is 5.82 Å². The number of carbonyl (C=O) groups is 2. The summed E-state index contributed by atoms with van der Waals surface area (Å²) in [5.41, 5.74) is 8.08. The lowest BCUT2D eigenvalue weighted by Crippen LogP contribution is -2.40. The predicted molar refractivity (Wildman–Crippen MR) is 124 cm³/mol. The number of primary amides is 1. The number of ketones is 1. The summed E-state index contributed by atoms with van der Waals surface area (Å²) >= 11 is 0. The van der Waals surface area contributed by atoms with E-state index in [1.54, 1.807) is 12.1 Å². The van der Waals surface area contributed by atoms with Crippen LogP contribution in [0.1, 0.15) is 77.6 Å². The highest BCUT2D eigenvalue weighted by molar-refractivity contribution is 5.97. The van der Waals surface area contributed by atoms with Gasteiger partial charge >= 0.3 is 0 Å². The van der Waals surface area contributed by atoms with Crippen molar-refractivity contribution in [2.75, 3.05) is 19.6 Å². The molecule has 1 aliphatic carbocycles. The molecular formula is C27H33FN2O2. The van der Waals surface area contributed by atoms with Gasteiger partial charge in [0.2, 0.25) is 5.91 Å². The highest BCUT2D eigenvalue weighted by Gasteiger charge is 2.35. The summed E-state index contributed by atoms with van der Waals surface area (Å²) in [7, 11) is 0. The summed E-state index contributed by atoms with van der Waals surface area (Å²) in [6.07, 6.45) is 8.95. The predicted octanol–water partition coefficient (Wildman–Crippen LogP) is 5.11. The molecule has 1 saturated heterocycles. The standard InChI is InChI=1S/C27H33FN2O2/c28-24-10-6-20(7-11-24)25(31)21-12-17-30(18-13-21)19-16-27(14-2-1-3-15-27)23-8-4-22(5-9-23)26(29)32/h4-11,21H,1-3,12-19H2,(H2,29,32). The molecule has 4 rings (SSSR count). The second-order valence-corrected chi connectivity index (χ2v) is 9.52. The van der Waals surface area contributed by atoms with Crippen molar-refractivity contribution in [3.05, 3.63) is 71.0 Å². The van der Waals surface area contributed by atoms with Crippen molar-refractivity contribution >= 4 is 11.7 Å². The SMILES string of the molecule is NC(=O)c1ccc(C2(CCN3CCC(C(=O)c4ccc(F)cc4)CC3)CCCCC2)cc1. The topological polar surface area (TPSA) is 63.4 Å². The molecule has 2 N–H and O–H groups in total. The number of rotatable bonds is 7. The third-order valence-electron chi connectivity index (χ3n) is 7.59. The second-order valence-electron chi connectivity index (χ2n) is 9.52. The number of nitrogens with zero attached hydrogens (tertiary/aromatic N) is 1. The molecule has 1 amide bonds. The van der Waals surface area contributed by atoms with Crippen LogP contribution >= 0.6 is 0 Å². The smallest absolute Gasteiger partial charge is 0.248 e. The van der Waals surface area contributed by atoms with Crippen LogP contribution in [0.2, 0.25) is 0 Å². The number of halogens is 1. The van der Waals surface area contributed by atoms with Crippen molar-refractivity contribution in [3.8, 4) is 0 Å². The monoisotopic (exact) mass is 436 g/mol. The Bertz CT molecular complexity index is 925. The van der Waals surface area contributed by atoms with E-state index in [0.29, 0.717) is 11.1 Å². The van der Waals surface area contributed by atoms with Crippen molar-refractivity contribution in [1.82, 2.24) is 4.90 Å². The highest BCUT2D eigenvalue weighted by atomic mass is 19.1. The fraction of sp³-hybridized carbons (Fsp3) is 0.481. The van der Waals surface area contributed by atoms with E-state index >= 15 is 0 Å². The van der Waals surface area contributed by atoms with Crippen molar-refractivity contribution in [2.24, 2.45) is 11.7 Å². The van der Waals surface area contributed by atoms with Crippen LogP contribution in [-0.2, 0) is 5.41 Å². The van der Waals surface area contributed by atoms with Crippen LogP contribution in [0.4, 0.5) is 4.39 Å². The van der Waals surface area contributed by atoms with E-state index < -0.39 is 0 Å². The Kier molecular flexibility index (Phi) is 7.04. The number of hydrogen-bond donors (Lipinski definition) is 1. The maximum absolute atomic E-state index is 13.2. The van der Waals surface area contributed by atoms with Crippen LogP contribution < -0.4 is 5.73 Å². The fourth-order valence-corrected chi connectivity index (χ4v) is 5.54. The van der Waals surface area contributed by atoms with Crippen LogP contribution in [-0.4, -0.2) is 36.2 Å². The molecule has 1 heterocycles. The van der Waals surface area contributed by atoms with Crippen LogP contribution in [0.15, 0.2) is 48.5 Å². The molecule has 1 aliphatic heterocycles. The minimum atomic E-state index is -0.382. The van der Waals surface area contributed by atoms with Crippen molar-refractivity contribution in [2.45, 2.75) is 56.8 Å². The summed E-state index contributed by atoms with van der Waals surface area (Å²) < 4.78 is 13.2. The normalized spacial score (nSPS) is 19.5. The molecule has 2 aromatic rings. The third kappa shape index (κ3) is 5.09. The van der Waals surface area contributed by atoms with Crippen molar-refractivity contribution < 1.29 is 14.0 Å². The Balaban J connectivity index is 1.36. The third-order valence-corrected chi connectivity index (χ3v) is 7.59. The van der Waals surface area contributed by atoms with Gasteiger partial charge in [-0.2, -0.15) is 0 Å². The molecule has 2 fully saturated rings. The molecule has 0 aromatic heterocycles. The summed E-state index contributed by atoms with van der Waals surface area (Å²) in [5.74, 6) is -0.519. The van der Waals surface area contributed by atoms with E-state index in [-0.39, 0.29) is 28.8 Å². The maximum atomic E-state index is 13.2. The molecule has 0 bridgehead atoms. The number of Topliss-reactive ketones (excluding diaryl/α,β-unsaturated/α-hetero) is 1. The van der Waals surface area contributed by atoms with Gasteiger partial charge in [0.05, 0.1) is 0 Å². The number of piperidine rings is 1. The fourth-order valence-electron chi connectivity index (χ4n) is 5.54. The number of benzene rings is 2. The van der Waals surface area contributed by atoms with Crippen molar-refractivity contribution in [3.63, 3.8) is 0 Å². The van der Waals surface area contributed by atoms with Crippen molar-refractivity contribution in [1.29, 1.82) is 0 Å². The van der Waals surface area contributed by atoms with E-state index in [1.165, 1.54) is 49.8 Å². The first-order chi connectivity index (χ1) is 15.5. The Morgan fingerprint density at radius 2 is 1.50 bits per heavy atom. The zero-order chi connectivity index (χ0) is 22.6. The first-order valence-corrected chi connectivity index (χ1v) is 11.9. The van der Waals surface area contributed by atoms with Gasteiger partial charge in [0.15, 0.2) is 5.78 Å². The largest absolute Gasteiger partial charge is 0.366 e. The van der Waals surface area contributed by atoms with Gasteiger partial charge in [-0.1, -0.05) is 31.4 Å². The van der Waals surface area contributed by atoms with Gasteiger partial charge in [-0.15, -0.1) is 0 Å². The lowest BCUT2D eigenvalue weighted by Gasteiger charge is -2.40. The molecule has 0 unspecified atom stereocenters. The molecule has 5 heteroatoms. The molecule has 0 atom stereocenters. The van der Waals surface area contributed by atoms with Gasteiger partial charge < -0.3 is 10.6 Å². The summed E-state index contributed by atoms with van der Waals surface area (Å²) in [6.45, 7) is 2.87. The molecule has 170 valence electrons. The number of carbonyl (C=O) groups excluding carboxylic acids is 2. The van der Waals surface area contributed by atoms with Gasteiger partial charge in [-0.05, 0) is 99.1 Å². The minimum Gasteiger partial charge on any atom is -0.366 e. The second kappa shape index (κ2) is 9.95. The Hall–Kier alpha value is -2.53. The lowest BCUT2D eigenvalue weighted by molar-refractivity contribution is 0.0828. The minimum absolute atomic E-state index is 0.0293. The molecule has 1 saturated carbocycles. The van der Waals surface area contributed by atoms with Crippen LogP contribution in [0, 0.1) is 11.7 Å².